The third-order valence-corrected chi connectivity index (χ3v) is 6.45. The second-order valence-corrected chi connectivity index (χ2v) is 8.59. The van der Waals surface area contributed by atoms with E-state index in [1.54, 1.807) is 6.07 Å². The van der Waals surface area contributed by atoms with Crippen LogP contribution in [0.25, 0.3) is 5.52 Å². The van der Waals surface area contributed by atoms with E-state index in [9.17, 15) is 14.7 Å². The SMILES string of the molecule is CN1CCN(c2c(F)cn3c(=O)c(C(=O)O)ccc3c2C2(Br)CC2)CC1. The van der Waals surface area contributed by atoms with Crippen molar-refractivity contribution in [1.82, 2.24) is 9.30 Å². The Morgan fingerprint density at radius 3 is 2.46 bits per heavy atom. The third-order valence-electron chi connectivity index (χ3n) is 5.27. The summed E-state index contributed by atoms with van der Waals surface area (Å²) >= 11 is 3.72. The molecule has 1 aliphatic heterocycles. The highest BCUT2D eigenvalue weighted by Gasteiger charge is 2.46. The molecule has 0 spiro atoms. The fraction of sp³-hybridized carbons (Fsp3) is 0.444. The molecule has 1 saturated carbocycles. The van der Waals surface area contributed by atoms with Gasteiger partial charge in [0.05, 0.1) is 21.7 Å². The highest BCUT2D eigenvalue weighted by Crippen LogP contribution is 2.58. The standard InChI is InChI=1S/C18H19BrFN3O3/c1-21-6-8-22(9-7-21)15-12(20)10-23-13(14(15)18(19)4-5-18)3-2-11(16(23)24)17(25)26/h2-3,10H,4-9H2,1H3,(H,25,26). The lowest BCUT2D eigenvalue weighted by Gasteiger charge is -2.36. The third kappa shape index (κ3) is 2.72. The Bertz CT molecular complexity index is 962. The van der Waals surface area contributed by atoms with Gasteiger partial charge in [-0.25, -0.2) is 9.18 Å². The first kappa shape index (κ1) is 17.5. The predicted octanol–water partition coefficient (Wildman–Crippen LogP) is 2.27. The molecule has 2 aromatic heterocycles. The van der Waals surface area contributed by atoms with E-state index >= 15 is 4.39 Å². The lowest BCUT2D eigenvalue weighted by molar-refractivity contribution is 0.0694. The number of aromatic nitrogens is 1. The molecule has 1 saturated heterocycles. The highest BCUT2D eigenvalue weighted by molar-refractivity contribution is 9.09. The Morgan fingerprint density at radius 1 is 1.23 bits per heavy atom. The van der Waals surface area contributed by atoms with Crippen LogP contribution in [0.4, 0.5) is 10.1 Å². The minimum Gasteiger partial charge on any atom is -0.477 e. The summed E-state index contributed by atoms with van der Waals surface area (Å²) in [6, 6.07) is 2.93. The van der Waals surface area contributed by atoms with Crippen LogP contribution in [-0.4, -0.2) is 53.6 Å². The number of halogens is 2. The van der Waals surface area contributed by atoms with Gasteiger partial charge in [-0.1, -0.05) is 15.9 Å². The smallest absolute Gasteiger partial charge is 0.341 e. The minimum absolute atomic E-state index is 0.361. The molecule has 0 amide bonds. The van der Waals surface area contributed by atoms with Crippen molar-refractivity contribution < 1.29 is 14.3 Å². The lowest BCUT2D eigenvalue weighted by Crippen LogP contribution is -2.45. The van der Waals surface area contributed by atoms with E-state index in [0.29, 0.717) is 24.3 Å². The number of fused-ring (bicyclic) bond motifs is 1. The normalized spacial score (nSPS) is 19.7. The van der Waals surface area contributed by atoms with Gasteiger partial charge in [-0.05, 0) is 32.0 Å². The number of pyridine rings is 2. The number of anilines is 1. The molecule has 2 aliphatic rings. The second-order valence-electron chi connectivity index (χ2n) is 7.07. The van der Waals surface area contributed by atoms with E-state index in [0.717, 1.165) is 42.1 Å². The monoisotopic (exact) mass is 423 g/mol. The molecule has 0 aromatic carbocycles. The number of carboxylic acids is 1. The van der Waals surface area contributed by atoms with E-state index in [1.807, 2.05) is 11.9 Å². The summed E-state index contributed by atoms with van der Waals surface area (Å²) in [6.45, 7) is 3.09. The van der Waals surface area contributed by atoms with Crippen LogP contribution in [-0.2, 0) is 4.32 Å². The molecule has 1 N–H and O–H groups in total. The molecule has 0 bridgehead atoms. The molecule has 1 aliphatic carbocycles. The fourth-order valence-corrected chi connectivity index (χ4v) is 4.19. The summed E-state index contributed by atoms with van der Waals surface area (Å²) < 4.78 is 15.9. The number of carboxylic acid groups (broad SMARTS) is 1. The molecule has 4 rings (SSSR count). The van der Waals surface area contributed by atoms with Gasteiger partial charge in [0.15, 0.2) is 5.82 Å². The molecule has 26 heavy (non-hydrogen) atoms. The zero-order valence-corrected chi connectivity index (χ0v) is 15.9. The predicted molar refractivity (Wildman–Crippen MR) is 100 cm³/mol. The van der Waals surface area contributed by atoms with Gasteiger partial charge in [0.25, 0.3) is 5.56 Å². The molecule has 0 radical (unpaired) electrons. The number of piperazine rings is 1. The molecule has 2 aromatic rings. The Kier molecular flexibility index (Phi) is 4.07. The zero-order chi connectivity index (χ0) is 18.6. The van der Waals surface area contributed by atoms with Crippen LogP contribution < -0.4 is 10.5 Å². The first-order valence-electron chi connectivity index (χ1n) is 8.56. The zero-order valence-electron chi connectivity index (χ0n) is 14.3. The maximum atomic E-state index is 15.1. The Morgan fingerprint density at radius 2 is 1.88 bits per heavy atom. The number of hydrogen-bond acceptors (Lipinski definition) is 4. The van der Waals surface area contributed by atoms with Gasteiger partial charge in [-0.2, -0.15) is 0 Å². The highest BCUT2D eigenvalue weighted by atomic mass is 79.9. The van der Waals surface area contributed by atoms with Crippen molar-refractivity contribution in [2.45, 2.75) is 17.2 Å². The van der Waals surface area contributed by atoms with Crippen molar-refractivity contribution in [1.29, 1.82) is 0 Å². The van der Waals surface area contributed by atoms with Crippen LogP contribution in [0.1, 0.15) is 28.8 Å². The van der Waals surface area contributed by atoms with Crippen molar-refractivity contribution in [3.05, 3.63) is 45.6 Å². The van der Waals surface area contributed by atoms with Crippen molar-refractivity contribution >= 4 is 33.1 Å². The van der Waals surface area contributed by atoms with Crippen molar-refractivity contribution in [2.75, 3.05) is 38.1 Å². The van der Waals surface area contributed by atoms with Gasteiger partial charge in [0.2, 0.25) is 0 Å². The molecule has 3 heterocycles. The maximum Gasteiger partial charge on any atom is 0.341 e. The van der Waals surface area contributed by atoms with E-state index in [4.69, 9.17) is 0 Å². The van der Waals surface area contributed by atoms with Crippen LogP contribution in [0.3, 0.4) is 0 Å². The summed E-state index contributed by atoms with van der Waals surface area (Å²) in [4.78, 5) is 28.0. The number of carbonyl (C=O) groups is 1. The number of aromatic carboxylic acids is 1. The van der Waals surface area contributed by atoms with Gasteiger partial charge < -0.3 is 14.9 Å². The summed E-state index contributed by atoms with van der Waals surface area (Å²) in [5.74, 6) is -1.80. The second kappa shape index (κ2) is 6.06. The van der Waals surface area contributed by atoms with E-state index < -0.39 is 17.3 Å². The van der Waals surface area contributed by atoms with Gasteiger partial charge in [0, 0.05) is 31.7 Å². The van der Waals surface area contributed by atoms with Crippen molar-refractivity contribution in [3.63, 3.8) is 0 Å². The van der Waals surface area contributed by atoms with Gasteiger partial charge in [0.1, 0.15) is 5.56 Å². The topological polar surface area (TPSA) is 65.3 Å². The largest absolute Gasteiger partial charge is 0.477 e. The molecule has 0 unspecified atom stereocenters. The van der Waals surface area contributed by atoms with Gasteiger partial charge >= 0.3 is 5.97 Å². The van der Waals surface area contributed by atoms with Crippen LogP contribution in [0.15, 0.2) is 23.1 Å². The van der Waals surface area contributed by atoms with Crippen molar-refractivity contribution in [3.8, 4) is 0 Å². The van der Waals surface area contributed by atoms with E-state index in [-0.39, 0.29) is 9.89 Å². The minimum atomic E-state index is -1.31. The molecule has 138 valence electrons. The summed E-state index contributed by atoms with van der Waals surface area (Å²) in [5.41, 5.74) is 0.757. The summed E-state index contributed by atoms with van der Waals surface area (Å²) in [5, 5.41) is 9.19. The van der Waals surface area contributed by atoms with E-state index in [2.05, 4.69) is 20.8 Å². The average Bonchev–Trinajstić information content (AvgIpc) is 3.34. The van der Waals surface area contributed by atoms with Crippen LogP contribution >= 0.6 is 15.9 Å². The lowest BCUT2D eigenvalue weighted by atomic mass is 10.0. The van der Waals surface area contributed by atoms with Gasteiger partial charge in [-0.3, -0.25) is 9.20 Å². The Hall–Kier alpha value is -1.93. The Balaban J connectivity index is 1.98. The first-order valence-corrected chi connectivity index (χ1v) is 9.35. The summed E-state index contributed by atoms with van der Waals surface area (Å²) in [7, 11) is 2.04. The molecular formula is C18H19BrFN3O3. The fourth-order valence-electron chi connectivity index (χ4n) is 3.60. The van der Waals surface area contributed by atoms with Crippen LogP contribution in [0.5, 0.6) is 0 Å². The molecule has 6 nitrogen and oxygen atoms in total. The number of alkyl halides is 1. The summed E-state index contributed by atoms with van der Waals surface area (Å²) in [6.07, 6.45) is 2.82. The number of hydrogen-bond donors (Lipinski definition) is 1. The maximum absolute atomic E-state index is 15.1. The number of rotatable bonds is 3. The van der Waals surface area contributed by atoms with Crippen LogP contribution in [0.2, 0.25) is 0 Å². The van der Waals surface area contributed by atoms with E-state index in [1.165, 1.54) is 6.07 Å². The van der Waals surface area contributed by atoms with Gasteiger partial charge in [-0.15, -0.1) is 0 Å². The van der Waals surface area contributed by atoms with Crippen molar-refractivity contribution in [2.24, 2.45) is 0 Å². The molecule has 0 atom stereocenters. The first-order chi connectivity index (χ1) is 12.3. The quantitative estimate of drug-likeness (QED) is 0.767. The number of likely N-dealkylation sites (N-methyl/N-ethyl adjacent to an activating group) is 1. The molecule has 2 fully saturated rings. The molecule has 8 heteroatoms. The Labute approximate surface area is 158 Å². The number of nitrogens with zero attached hydrogens (tertiary/aromatic N) is 3. The molecular weight excluding hydrogens is 405 g/mol. The van der Waals surface area contributed by atoms with Crippen LogP contribution in [0, 0.1) is 5.82 Å². The average molecular weight is 424 g/mol.